The van der Waals surface area contributed by atoms with Crippen LogP contribution in [0.15, 0.2) is 30.3 Å². The Hall–Kier alpha value is -2.68. The van der Waals surface area contributed by atoms with Gasteiger partial charge >= 0.3 is 18.0 Å². The zero-order chi connectivity index (χ0) is 24.5. The fraction of sp³-hybridized carbons (Fsp3) is 0.565. The van der Waals surface area contributed by atoms with E-state index in [1.54, 1.807) is 41.5 Å². The summed E-state index contributed by atoms with van der Waals surface area (Å²) in [4.78, 5) is 37.2. The number of thiocarbonyl (C=S) groups is 1. The van der Waals surface area contributed by atoms with E-state index in [4.69, 9.17) is 26.4 Å². The zero-order valence-corrected chi connectivity index (χ0v) is 20.6. The van der Waals surface area contributed by atoms with Crippen molar-refractivity contribution in [3.05, 3.63) is 35.9 Å². The summed E-state index contributed by atoms with van der Waals surface area (Å²) in [7, 11) is 1.28. The predicted molar refractivity (Wildman–Crippen MR) is 125 cm³/mol. The minimum absolute atomic E-state index is 0.0908. The Balaban J connectivity index is 3.02. The molecule has 0 aliphatic carbocycles. The summed E-state index contributed by atoms with van der Waals surface area (Å²) in [5.74, 6) is -1.08. The molecule has 2 atom stereocenters. The average molecular weight is 467 g/mol. The maximum absolute atomic E-state index is 12.4. The van der Waals surface area contributed by atoms with Crippen molar-refractivity contribution in [2.24, 2.45) is 0 Å². The van der Waals surface area contributed by atoms with Gasteiger partial charge in [-0.2, -0.15) is 0 Å². The van der Waals surface area contributed by atoms with Gasteiger partial charge in [-0.05, 0) is 47.1 Å². The number of methoxy groups -OCH3 is 1. The minimum atomic E-state index is -0.947. The average Bonchev–Trinajstić information content (AvgIpc) is 2.64. The van der Waals surface area contributed by atoms with Gasteiger partial charge in [0.15, 0.2) is 0 Å². The van der Waals surface area contributed by atoms with Crippen molar-refractivity contribution in [1.82, 2.24) is 10.6 Å². The molecule has 1 rings (SSSR count). The van der Waals surface area contributed by atoms with E-state index >= 15 is 0 Å². The van der Waals surface area contributed by atoms with E-state index in [-0.39, 0.29) is 11.4 Å². The fourth-order valence-corrected chi connectivity index (χ4v) is 2.95. The molecule has 32 heavy (non-hydrogen) atoms. The van der Waals surface area contributed by atoms with Crippen molar-refractivity contribution in [3.8, 4) is 0 Å². The van der Waals surface area contributed by atoms with E-state index < -0.39 is 41.3 Å². The van der Waals surface area contributed by atoms with Gasteiger partial charge in [0.1, 0.15) is 17.2 Å². The number of alkyl carbamates (subject to hydrolysis) is 1. The van der Waals surface area contributed by atoms with Crippen molar-refractivity contribution < 1.29 is 28.6 Å². The second kappa shape index (κ2) is 11.8. The second-order valence-electron chi connectivity index (χ2n) is 9.26. The molecule has 9 heteroatoms. The number of carbonyl (C=O) groups excluding carboxylic acids is 3. The fourth-order valence-electron chi connectivity index (χ4n) is 2.67. The lowest BCUT2D eigenvalue weighted by atomic mass is 10.1. The van der Waals surface area contributed by atoms with E-state index in [2.05, 4.69) is 10.6 Å². The van der Waals surface area contributed by atoms with Gasteiger partial charge < -0.3 is 24.8 Å². The number of esters is 2. The monoisotopic (exact) mass is 466 g/mol. The molecule has 1 aromatic rings. The Morgan fingerprint density at radius 2 is 1.47 bits per heavy atom. The van der Waals surface area contributed by atoms with Crippen LogP contribution >= 0.6 is 12.2 Å². The normalized spacial score (nSPS) is 13.3. The highest BCUT2D eigenvalue weighted by atomic mass is 32.1. The highest BCUT2D eigenvalue weighted by Crippen LogP contribution is 2.12. The number of ether oxygens (including phenoxy) is 3. The lowest BCUT2D eigenvalue weighted by Gasteiger charge is -2.27. The van der Waals surface area contributed by atoms with Crippen LogP contribution in [-0.2, 0) is 30.2 Å². The molecule has 1 aromatic carbocycles. The molecule has 0 aliphatic heterocycles. The topological polar surface area (TPSA) is 103 Å². The molecule has 0 saturated heterocycles. The van der Waals surface area contributed by atoms with Gasteiger partial charge in [0.05, 0.1) is 24.6 Å². The summed E-state index contributed by atoms with van der Waals surface area (Å²) in [5, 5.41) is 5.53. The maximum Gasteiger partial charge on any atom is 0.408 e. The quantitative estimate of drug-likeness (QED) is 0.342. The third kappa shape index (κ3) is 11.1. The van der Waals surface area contributed by atoms with Gasteiger partial charge in [-0.25, -0.2) is 9.59 Å². The first-order chi connectivity index (χ1) is 14.7. The summed E-state index contributed by atoms with van der Waals surface area (Å²) >= 11 is 5.46. The first-order valence-corrected chi connectivity index (χ1v) is 10.7. The van der Waals surface area contributed by atoms with Gasteiger partial charge in [0.2, 0.25) is 0 Å². The summed E-state index contributed by atoms with van der Waals surface area (Å²) in [6, 6.07) is 7.58. The summed E-state index contributed by atoms with van der Waals surface area (Å²) in [6.45, 7) is 10.4. The number of carbonyl (C=O) groups is 3. The predicted octanol–water partition coefficient (Wildman–Crippen LogP) is 3.31. The van der Waals surface area contributed by atoms with Crippen LogP contribution in [-0.4, -0.2) is 53.4 Å². The second-order valence-corrected chi connectivity index (χ2v) is 9.70. The van der Waals surface area contributed by atoms with Gasteiger partial charge in [-0.15, -0.1) is 0 Å². The molecule has 0 radical (unpaired) electrons. The molecule has 0 saturated carbocycles. The zero-order valence-electron chi connectivity index (χ0n) is 19.8. The van der Waals surface area contributed by atoms with E-state index in [1.165, 1.54) is 7.11 Å². The van der Waals surface area contributed by atoms with Crippen LogP contribution in [0.2, 0.25) is 0 Å². The molecule has 2 N–H and O–H groups in total. The first kappa shape index (κ1) is 27.4. The molecular weight excluding hydrogens is 432 g/mol. The van der Waals surface area contributed by atoms with Crippen molar-refractivity contribution >= 4 is 35.2 Å². The number of amides is 1. The van der Waals surface area contributed by atoms with Crippen molar-refractivity contribution in [2.45, 2.75) is 77.7 Å². The van der Waals surface area contributed by atoms with Gasteiger partial charge in [0.25, 0.3) is 0 Å². The molecule has 0 heterocycles. The first-order valence-electron chi connectivity index (χ1n) is 10.3. The molecule has 1 amide bonds. The Labute approximate surface area is 195 Å². The number of benzene rings is 1. The Morgan fingerprint density at radius 3 is 1.97 bits per heavy atom. The lowest BCUT2D eigenvalue weighted by Crippen LogP contribution is -2.53. The van der Waals surface area contributed by atoms with E-state index in [0.717, 1.165) is 5.56 Å². The maximum atomic E-state index is 12.4. The van der Waals surface area contributed by atoms with Crippen molar-refractivity contribution in [3.63, 3.8) is 0 Å². The number of rotatable bonds is 8. The van der Waals surface area contributed by atoms with Crippen LogP contribution < -0.4 is 10.6 Å². The Kier molecular flexibility index (Phi) is 10.1. The third-order valence-electron chi connectivity index (χ3n) is 3.88. The van der Waals surface area contributed by atoms with E-state index in [1.807, 2.05) is 30.3 Å². The van der Waals surface area contributed by atoms with Crippen molar-refractivity contribution in [2.75, 3.05) is 7.11 Å². The summed E-state index contributed by atoms with van der Waals surface area (Å²) < 4.78 is 15.5. The highest BCUT2D eigenvalue weighted by molar-refractivity contribution is 7.80. The molecule has 0 unspecified atom stereocenters. The minimum Gasteiger partial charge on any atom is -0.467 e. The third-order valence-corrected chi connectivity index (χ3v) is 4.29. The lowest BCUT2D eigenvalue weighted by molar-refractivity contribution is -0.155. The standard InChI is InChI=1S/C23H34N2O6S/c1-22(2,3)30-18(26)14-16(25-21(28)31-23(4,5)6)19(32)24-17(20(27)29-7)13-15-11-9-8-10-12-15/h8-12,16-17H,13-14H2,1-7H3,(H,24,32)(H,25,28)/t16-,17-/m0/s1. The number of hydrogen-bond donors (Lipinski definition) is 2. The van der Waals surface area contributed by atoms with Crippen LogP contribution in [0.5, 0.6) is 0 Å². The number of hydrogen-bond acceptors (Lipinski definition) is 7. The Bertz CT molecular complexity index is 769. The van der Waals surface area contributed by atoms with Crippen LogP contribution in [0.25, 0.3) is 0 Å². The molecule has 0 aromatic heterocycles. The molecule has 8 nitrogen and oxygen atoms in total. The van der Waals surface area contributed by atoms with Crippen LogP contribution in [0.1, 0.15) is 53.5 Å². The van der Waals surface area contributed by atoms with Gasteiger partial charge in [0, 0.05) is 6.42 Å². The van der Waals surface area contributed by atoms with E-state index in [9.17, 15) is 14.4 Å². The van der Waals surface area contributed by atoms with Gasteiger partial charge in [-0.1, -0.05) is 42.5 Å². The van der Waals surface area contributed by atoms with Crippen LogP contribution in [0.4, 0.5) is 4.79 Å². The SMILES string of the molecule is COC(=O)[C@H](Cc1ccccc1)NC(=S)[C@H](CC(=O)OC(C)(C)C)NC(=O)OC(C)(C)C. The summed E-state index contributed by atoms with van der Waals surface area (Å²) in [5.41, 5.74) is -0.552. The molecule has 0 fully saturated rings. The van der Waals surface area contributed by atoms with Gasteiger partial charge in [-0.3, -0.25) is 4.79 Å². The molecule has 0 aliphatic rings. The summed E-state index contributed by atoms with van der Waals surface area (Å²) in [6.07, 6.45) is -0.672. The highest BCUT2D eigenvalue weighted by Gasteiger charge is 2.29. The smallest absolute Gasteiger partial charge is 0.408 e. The number of nitrogens with one attached hydrogen (secondary N) is 2. The van der Waals surface area contributed by atoms with Crippen LogP contribution in [0, 0.1) is 0 Å². The van der Waals surface area contributed by atoms with Crippen LogP contribution in [0.3, 0.4) is 0 Å². The Morgan fingerprint density at radius 1 is 0.906 bits per heavy atom. The molecule has 0 spiro atoms. The largest absolute Gasteiger partial charge is 0.467 e. The molecule has 178 valence electrons. The molecule has 0 bridgehead atoms. The molecular formula is C23H34N2O6S. The van der Waals surface area contributed by atoms with E-state index in [0.29, 0.717) is 6.42 Å². The van der Waals surface area contributed by atoms with Crippen molar-refractivity contribution in [1.29, 1.82) is 0 Å².